The van der Waals surface area contributed by atoms with E-state index in [-0.39, 0.29) is 11.6 Å². The van der Waals surface area contributed by atoms with Gasteiger partial charge < -0.3 is 9.47 Å². The van der Waals surface area contributed by atoms with Crippen LogP contribution in [-0.4, -0.2) is 17.8 Å². The lowest BCUT2D eigenvalue weighted by Gasteiger charge is -2.10. The summed E-state index contributed by atoms with van der Waals surface area (Å²) in [5, 5.41) is 0. The van der Waals surface area contributed by atoms with Crippen LogP contribution in [0.25, 0.3) is 6.08 Å². The molecular formula is C24H14Br3NO4. The van der Waals surface area contributed by atoms with Crippen LogP contribution < -0.4 is 4.74 Å². The molecule has 0 atom stereocenters. The summed E-state index contributed by atoms with van der Waals surface area (Å²) in [5.41, 5.74) is 3.05. The van der Waals surface area contributed by atoms with Gasteiger partial charge in [-0.15, -0.1) is 0 Å². The first-order valence-corrected chi connectivity index (χ1v) is 11.7. The van der Waals surface area contributed by atoms with Crippen molar-refractivity contribution in [1.29, 1.82) is 0 Å². The van der Waals surface area contributed by atoms with Crippen molar-refractivity contribution in [2.24, 2.45) is 4.99 Å². The number of carbonyl (C=O) groups is 2. The molecule has 0 saturated heterocycles. The van der Waals surface area contributed by atoms with E-state index in [4.69, 9.17) is 9.47 Å². The molecule has 0 unspecified atom stereocenters. The van der Waals surface area contributed by atoms with Crippen molar-refractivity contribution < 1.29 is 19.1 Å². The smallest absolute Gasteiger partial charge is 0.363 e. The van der Waals surface area contributed by atoms with Crippen LogP contribution >= 0.6 is 47.8 Å². The zero-order valence-corrected chi connectivity index (χ0v) is 21.3. The third kappa shape index (κ3) is 5.09. The lowest BCUT2D eigenvalue weighted by atomic mass is 10.1. The van der Waals surface area contributed by atoms with Gasteiger partial charge in [-0.05, 0) is 99.0 Å². The molecule has 0 spiro atoms. The summed E-state index contributed by atoms with van der Waals surface area (Å²) < 4.78 is 12.9. The van der Waals surface area contributed by atoms with Gasteiger partial charge in [0, 0.05) is 10.0 Å². The van der Waals surface area contributed by atoms with Crippen LogP contribution in [0.1, 0.15) is 27.0 Å². The number of benzene rings is 3. The zero-order chi connectivity index (χ0) is 22.8. The van der Waals surface area contributed by atoms with Crippen molar-refractivity contribution in [2.45, 2.75) is 6.92 Å². The molecule has 0 fully saturated rings. The van der Waals surface area contributed by atoms with Crippen molar-refractivity contribution in [3.05, 3.63) is 102 Å². The second-order valence-electron chi connectivity index (χ2n) is 6.91. The summed E-state index contributed by atoms with van der Waals surface area (Å²) in [6.45, 7) is 1.95. The Morgan fingerprint density at radius 2 is 1.59 bits per heavy atom. The number of rotatable bonds is 4. The van der Waals surface area contributed by atoms with Crippen molar-refractivity contribution in [1.82, 2.24) is 0 Å². The van der Waals surface area contributed by atoms with Crippen LogP contribution in [-0.2, 0) is 9.53 Å². The highest BCUT2D eigenvalue weighted by molar-refractivity contribution is 9.11. The third-order valence-corrected chi connectivity index (χ3v) is 6.22. The van der Waals surface area contributed by atoms with Crippen LogP contribution in [0.2, 0.25) is 0 Å². The topological polar surface area (TPSA) is 65.0 Å². The van der Waals surface area contributed by atoms with Crippen LogP contribution in [0.4, 0.5) is 0 Å². The fraction of sp³-hybridized carbons (Fsp3) is 0.0417. The lowest BCUT2D eigenvalue weighted by molar-refractivity contribution is -0.129. The Morgan fingerprint density at radius 3 is 2.22 bits per heavy atom. The molecule has 32 heavy (non-hydrogen) atoms. The van der Waals surface area contributed by atoms with Crippen molar-refractivity contribution in [2.75, 3.05) is 0 Å². The molecule has 0 aliphatic carbocycles. The number of esters is 2. The number of hydrogen-bond donors (Lipinski definition) is 0. The Morgan fingerprint density at radius 1 is 0.969 bits per heavy atom. The normalized spacial score (nSPS) is 14.3. The van der Waals surface area contributed by atoms with Gasteiger partial charge in [0.2, 0.25) is 5.90 Å². The van der Waals surface area contributed by atoms with E-state index in [2.05, 4.69) is 52.8 Å². The van der Waals surface area contributed by atoms with Crippen molar-refractivity contribution >= 4 is 71.7 Å². The van der Waals surface area contributed by atoms with Gasteiger partial charge in [-0.3, -0.25) is 0 Å². The maximum absolute atomic E-state index is 12.5. The molecule has 0 bridgehead atoms. The van der Waals surface area contributed by atoms with Gasteiger partial charge >= 0.3 is 11.9 Å². The number of nitrogens with zero attached hydrogens (tertiary/aromatic N) is 1. The maximum atomic E-state index is 12.5. The Hall–Kier alpha value is -2.55. The van der Waals surface area contributed by atoms with E-state index in [1.54, 1.807) is 30.3 Å². The summed E-state index contributed by atoms with van der Waals surface area (Å²) in [4.78, 5) is 29.1. The summed E-state index contributed by atoms with van der Waals surface area (Å²) in [6, 6.07) is 17.9. The van der Waals surface area contributed by atoms with E-state index in [0.29, 0.717) is 31.4 Å². The van der Waals surface area contributed by atoms with Crippen LogP contribution in [0.15, 0.2) is 84.8 Å². The maximum Gasteiger partial charge on any atom is 0.363 e. The Kier molecular flexibility index (Phi) is 6.74. The van der Waals surface area contributed by atoms with E-state index in [1.165, 1.54) is 0 Å². The van der Waals surface area contributed by atoms with E-state index in [9.17, 15) is 9.59 Å². The summed E-state index contributed by atoms with van der Waals surface area (Å²) >= 11 is 10.2. The Bertz CT molecular complexity index is 1260. The Balaban J connectivity index is 1.58. The summed E-state index contributed by atoms with van der Waals surface area (Å²) in [7, 11) is 0. The first-order chi connectivity index (χ1) is 15.3. The Labute approximate surface area is 209 Å². The molecule has 0 aromatic heterocycles. The number of aliphatic imine (C=N–C) groups is 1. The molecule has 3 aromatic rings. The van der Waals surface area contributed by atoms with Crippen molar-refractivity contribution in [3.8, 4) is 5.75 Å². The standard InChI is InChI=1S/C24H14Br3NO4/c1-13-2-4-16(5-3-13)23(29)31-21-18(26)10-14(11-19(21)27)12-20-24(30)32-22(28-20)15-6-8-17(25)9-7-15/h2-12H,1H3/b20-12-. The second kappa shape index (κ2) is 9.52. The highest BCUT2D eigenvalue weighted by Crippen LogP contribution is 2.36. The molecule has 1 heterocycles. The van der Waals surface area contributed by atoms with Gasteiger partial charge in [0.1, 0.15) is 0 Å². The quantitative estimate of drug-likeness (QED) is 0.182. The summed E-state index contributed by atoms with van der Waals surface area (Å²) in [6.07, 6.45) is 1.61. The van der Waals surface area contributed by atoms with Crippen LogP contribution in [0.3, 0.4) is 0 Å². The molecule has 0 saturated carbocycles. The van der Waals surface area contributed by atoms with Gasteiger partial charge in [0.05, 0.1) is 14.5 Å². The number of carbonyl (C=O) groups excluding carboxylic acids is 2. The molecule has 5 nitrogen and oxygen atoms in total. The van der Waals surface area contributed by atoms with E-state index in [0.717, 1.165) is 10.0 Å². The minimum Gasteiger partial charge on any atom is -0.421 e. The predicted molar refractivity (Wildman–Crippen MR) is 133 cm³/mol. The fourth-order valence-corrected chi connectivity index (χ4v) is 4.53. The van der Waals surface area contributed by atoms with Gasteiger partial charge in [-0.1, -0.05) is 33.6 Å². The average molecular weight is 620 g/mol. The zero-order valence-electron chi connectivity index (χ0n) is 16.6. The third-order valence-electron chi connectivity index (χ3n) is 4.52. The first kappa shape index (κ1) is 22.6. The van der Waals surface area contributed by atoms with E-state index in [1.807, 2.05) is 43.3 Å². The van der Waals surface area contributed by atoms with Gasteiger partial charge in [0.25, 0.3) is 0 Å². The van der Waals surface area contributed by atoms with Gasteiger partial charge in [0.15, 0.2) is 11.4 Å². The first-order valence-electron chi connectivity index (χ1n) is 9.36. The number of hydrogen-bond acceptors (Lipinski definition) is 5. The number of ether oxygens (including phenoxy) is 2. The highest BCUT2D eigenvalue weighted by atomic mass is 79.9. The van der Waals surface area contributed by atoms with E-state index < -0.39 is 11.9 Å². The molecule has 160 valence electrons. The van der Waals surface area contributed by atoms with Crippen LogP contribution in [0, 0.1) is 6.92 Å². The van der Waals surface area contributed by atoms with Gasteiger partial charge in [-0.2, -0.15) is 0 Å². The van der Waals surface area contributed by atoms with Crippen molar-refractivity contribution in [3.63, 3.8) is 0 Å². The molecule has 0 amide bonds. The van der Waals surface area contributed by atoms with Gasteiger partial charge in [-0.25, -0.2) is 14.6 Å². The molecular weight excluding hydrogens is 606 g/mol. The van der Waals surface area contributed by atoms with E-state index >= 15 is 0 Å². The molecule has 1 aliphatic heterocycles. The number of cyclic esters (lactones) is 1. The molecule has 4 rings (SSSR count). The monoisotopic (exact) mass is 617 g/mol. The predicted octanol–water partition coefficient (Wildman–Crippen LogP) is 6.85. The lowest BCUT2D eigenvalue weighted by Crippen LogP contribution is -2.09. The highest BCUT2D eigenvalue weighted by Gasteiger charge is 2.24. The number of aryl methyl sites for hydroxylation is 1. The van der Waals surface area contributed by atoms with Crippen LogP contribution in [0.5, 0.6) is 5.75 Å². The molecule has 8 heteroatoms. The fourth-order valence-electron chi connectivity index (χ4n) is 2.88. The second-order valence-corrected chi connectivity index (χ2v) is 9.54. The molecule has 3 aromatic carbocycles. The SMILES string of the molecule is Cc1ccc(C(=O)Oc2c(Br)cc(/C=C3\N=C(c4ccc(Br)cc4)OC3=O)cc2Br)cc1. The minimum absolute atomic E-state index is 0.172. The minimum atomic E-state index is -0.537. The summed E-state index contributed by atoms with van der Waals surface area (Å²) in [5.74, 6) is -0.424. The molecule has 0 radical (unpaired) electrons. The molecule has 0 N–H and O–H groups in total. The molecule has 1 aliphatic rings. The largest absolute Gasteiger partial charge is 0.421 e. The number of halogens is 3. The average Bonchev–Trinajstić information content (AvgIpc) is 3.11.